The van der Waals surface area contributed by atoms with Gasteiger partial charge in [-0.3, -0.25) is 4.79 Å². The molecule has 2 unspecified atom stereocenters. The highest BCUT2D eigenvalue weighted by Crippen LogP contribution is 2.22. The summed E-state index contributed by atoms with van der Waals surface area (Å²) in [6.45, 7) is 3.66. The molecule has 0 aromatic heterocycles. The highest BCUT2D eigenvalue weighted by Gasteiger charge is 2.44. The Morgan fingerprint density at radius 2 is 1.34 bits per heavy atom. The van der Waals surface area contributed by atoms with Crippen LogP contribution in [0.15, 0.2) is 12.2 Å². The van der Waals surface area contributed by atoms with E-state index < -0.39 is 49.5 Å². The quantitative estimate of drug-likeness (QED) is 0.0685. The molecule has 0 radical (unpaired) electrons. The summed E-state index contributed by atoms with van der Waals surface area (Å²) in [7, 11) is 0. The maximum absolute atomic E-state index is 12.7. The fraction of sp³-hybridized carbons (Fsp3) is 0.906. The van der Waals surface area contributed by atoms with E-state index in [0.29, 0.717) is 6.42 Å². The van der Waals surface area contributed by atoms with E-state index >= 15 is 0 Å². The molecule has 1 amide bonds. The van der Waals surface area contributed by atoms with Gasteiger partial charge in [0.1, 0.15) is 24.4 Å². The zero-order valence-electron chi connectivity index (χ0n) is 25.8. The second kappa shape index (κ2) is 24.4. The van der Waals surface area contributed by atoms with Crippen molar-refractivity contribution in [1.82, 2.24) is 5.32 Å². The number of hydrogen-bond acceptors (Lipinski definition) is 8. The Morgan fingerprint density at radius 3 is 1.90 bits per heavy atom. The molecule has 242 valence electrons. The number of carbonyl (C=O) groups excluding carboxylic acids is 1. The summed E-state index contributed by atoms with van der Waals surface area (Å²) in [6, 6.07) is -0.793. The first kappa shape index (κ1) is 38.0. The summed E-state index contributed by atoms with van der Waals surface area (Å²) in [4.78, 5) is 12.7. The van der Waals surface area contributed by atoms with Gasteiger partial charge in [-0.2, -0.15) is 0 Å². The normalized spacial score (nSPS) is 24.5. The summed E-state index contributed by atoms with van der Waals surface area (Å²) in [5.41, 5.74) is 0. The van der Waals surface area contributed by atoms with E-state index in [1.807, 2.05) is 6.08 Å². The molecule has 0 aromatic carbocycles. The van der Waals surface area contributed by atoms with Gasteiger partial charge in [0, 0.05) is 6.42 Å². The summed E-state index contributed by atoms with van der Waals surface area (Å²) in [6.07, 6.45) is 15.6. The Balaban J connectivity index is 2.55. The van der Waals surface area contributed by atoms with Crippen molar-refractivity contribution in [3.05, 3.63) is 12.2 Å². The van der Waals surface area contributed by atoms with Crippen molar-refractivity contribution in [1.29, 1.82) is 0 Å². The average Bonchev–Trinajstić information content (AvgIpc) is 2.97. The molecule has 41 heavy (non-hydrogen) atoms. The fourth-order valence-corrected chi connectivity index (χ4v) is 5.09. The molecular formula is C32H61NO8. The second-order valence-corrected chi connectivity index (χ2v) is 11.6. The first-order valence-corrected chi connectivity index (χ1v) is 16.4. The van der Waals surface area contributed by atoms with E-state index in [1.165, 1.54) is 70.6 Å². The topological polar surface area (TPSA) is 149 Å². The van der Waals surface area contributed by atoms with E-state index in [4.69, 9.17) is 9.47 Å². The van der Waals surface area contributed by atoms with Crippen molar-refractivity contribution in [2.24, 2.45) is 0 Å². The number of hydrogen-bond donors (Lipinski definition) is 6. The van der Waals surface area contributed by atoms with Crippen molar-refractivity contribution in [3.8, 4) is 0 Å². The molecule has 0 aliphatic carbocycles. The van der Waals surface area contributed by atoms with Gasteiger partial charge in [0.2, 0.25) is 5.91 Å². The van der Waals surface area contributed by atoms with E-state index in [2.05, 4.69) is 19.2 Å². The molecule has 0 saturated carbocycles. The van der Waals surface area contributed by atoms with Gasteiger partial charge in [-0.1, -0.05) is 116 Å². The molecule has 0 aromatic rings. The number of carbonyl (C=O) groups is 1. The Bertz CT molecular complexity index is 662. The molecule has 0 spiro atoms. The van der Waals surface area contributed by atoms with Crippen LogP contribution in [0.5, 0.6) is 0 Å². The van der Waals surface area contributed by atoms with Crippen molar-refractivity contribution in [2.75, 3.05) is 13.2 Å². The number of ether oxygens (including phenoxy) is 2. The van der Waals surface area contributed by atoms with Crippen LogP contribution < -0.4 is 5.32 Å². The van der Waals surface area contributed by atoms with Crippen LogP contribution >= 0.6 is 0 Å². The lowest BCUT2D eigenvalue weighted by atomic mass is 9.99. The molecule has 9 heteroatoms. The highest BCUT2D eigenvalue weighted by atomic mass is 16.7. The number of allylic oxidation sites excluding steroid dienone is 1. The van der Waals surface area contributed by atoms with Gasteiger partial charge in [0.15, 0.2) is 6.29 Å². The maximum Gasteiger partial charge on any atom is 0.220 e. The first-order chi connectivity index (χ1) is 19.8. The molecule has 6 N–H and O–H groups in total. The molecule has 1 aliphatic rings. The van der Waals surface area contributed by atoms with Crippen molar-refractivity contribution in [3.63, 3.8) is 0 Å². The first-order valence-electron chi connectivity index (χ1n) is 16.4. The Kier molecular flexibility index (Phi) is 22.6. The third kappa shape index (κ3) is 17.0. The van der Waals surface area contributed by atoms with Gasteiger partial charge in [-0.05, 0) is 19.3 Å². The third-order valence-electron chi connectivity index (χ3n) is 7.86. The Labute approximate surface area is 248 Å². The summed E-state index contributed by atoms with van der Waals surface area (Å²) < 4.78 is 11.1. The number of unbranched alkanes of at least 4 members (excludes halogenated alkanes) is 15. The molecule has 1 heterocycles. The lowest BCUT2D eigenvalue weighted by molar-refractivity contribution is -0.302. The minimum Gasteiger partial charge on any atom is -0.394 e. The highest BCUT2D eigenvalue weighted by molar-refractivity contribution is 5.76. The van der Waals surface area contributed by atoms with Crippen LogP contribution in [0.1, 0.15) is 129 Å². The molecule has 1 fully saturated rings. The van der Waals surface area contributed by atoms with Gasteiger partial charge >= 0.3 is 0 Å². The lowest BCUT2D eigenvalue weighted by Gasteiger charge is -2.40. The molecule has 1 rings (SSSR count). The average molecular weight is 588 g/mol. The van der Waals surface area contributed by atoms with E-state index in [0.717, 1.165) is 38.5 Å². The van der Waals surface area contributed by atoms with E-state index in [1.54, 1.807) is 6.08 Å². The zero-order valence-corrected chi connectivity index (χ0v) is 25.8. The van der Waals surface area contributed by atoms with Gasteiger partial charge in [0.05, 0.1) is 25.4 Å². The van der Waals surface area contributed by atoms with Crippen LogP contribution in [0.2, 0.25) is 0 Å². The van der Waals surface area contributed by atoms with Gasteiger partial charge in [0.25, 0.3) is 0 Å². The van der Waals surface area contributed by atoms with Crippen LogP contribution in [0.25, 0.3) is 0 Å². The Morgan fingerprint density at radius 1 is 0.805 bits per heavy atom. The number of nitrogens with one attached hydrogen (secondary N) is 1. The van der Waals surface area contributed by atoms with Crippen LogP contribution in [-0.4, -0.2) is 87.5 Å². The minimum absolute atomic E-state index is 0.186. The number of amides is 1. The maximum atomic E-state index is 12.7. The molecule has 9 nitrogen and oxygen atoms in total. The zero-order chi connectivity index (χ0) is 30.3. The van der Waals surface area contributed by atoms with Crippen LogP contribution in [-0.2, 0) is 14.3 Å². The van der Waals surface area contributed by atoms with Crippen molar-refractivity contribution >= 4 is 5.91 Å². The van der Waals surface area contributed by atoms with Crippen molar-refractivity contribution < 1.29 is 39.8 Å². The van der Waals surface area contributed by atoms with Crippen LogP contribution in [0.3, 0.4) is 0 Å². The van der Waals surface area contributed by atoms with E-state index in [-0.39, 0.29) is 12.5 Å². The summed E-state index contributed by atoms with van der Waals surface area (Å²) in [5, 5.41) is 53.5. The molecule has 1 saturated heterocycles. The predicted octanol–water partition coefficient (Wildman–Crippen LogP) is 4.27. The molecule has 0 bridgehead atoms. The minimum atomic E-state index is -1.56. The van der Waals surface area contributed by atoms with Gasteiger partial charge < -0.3 is 40.3 Å². The second-order valence-electron chi connectivity index (χ2n) is 11.6. The third-order valence-corrected chi connectivity index (χ3v) is 7.86. The number of aliphatic hydroxyl groups excluding tert-OH is 5. The van der Waals surface area contributed by atoms with Gasteiger partial charge in [-0.25, -0.2) is 0 Å². The van der Waals surface area contributed by atoms with E-state index in [9.17, 15) is 30.3 Å². The molecular weight excluding hydrogens is 526 g/mol. The van der Waals surface area contributed by atoms with Crippen LogP contribution in [0.4, 0.5) is 0 Å². The SMILES string of the molecule is CCCCCCCCCCC/C=C/[C@@H](O)[C@H](CO[C@@H]1O[C@H](CO)[C@@H](O)C(O)C1O)NC(=O)CCCCCCCCC. The van der Waals surface area contributed by atoms with Crippen LogP contribution in [0, 0.1) is 0 Å². The summed E-state index contributed by atoms with van der Waals surface area (Å²) >= 11 is 0. The van der Waals surface area contributed by atoms with Crippen molar-refractivity contribution in [2.45, 2.75) is 172 Å². The number of aliphatic hydroxyl groups is 5. The lowest BCUT2D eigenvalue weighted by Crippen LogP contribution is -2.60. The van der Waals surface area contributed by atoms with Gasteiger partial charge in [-0.15, -0.1) is 0 Å². The molecule has 1 aliphatic heterocycles. The number of rotatable bonds is 25. The molecule has 7 atom stereocenters. The largest absolute Gasteiger partial charge is 0.394 e. The summed E-state index contributed by atoms with van der Waals surface area (Å²) in [5.74, 6) is -0.188. The monoisotopic (exact) mass is 587 g/mol. The predicted molar refractivity (Wildman–Crippen MR) is 161 cm³/mol. The Hall–Kier alpha value is -1.07. The smallest absolute Gasteiger partial charge is 0.220 e. The fourth-order valence-electron chi connectivity index (χ4n) is 5.09. The standard InChI is InChI=1S/C32H61NO8/c1-3-5-7-9-11-12-13-14-16-17-19-21-26(35)25(33-28(36)22-20-18-15-10-8-6-4-2)24-40-32-31(39)30(38)29(37)27(23-34)41-32/h19,21,25-27,29-32,34-35,37-39H,3-18,20,22-24H2,1-2H3,(H,33,36)/b21-19+/t25-,26+,27+,29+,30?,31?,32+/m0/s1.